The molecule has 3 aromatic carbocycles. The van der Waals surface area contributed by atoms with Gasteiger partial charge in [0.05, 0.1) is 12.0 Å². The second-order valence-electron chi connectivity index (χ2n) is 7.29. The van der Waals surface area contributed by atoms with Crippen LogP contribution in [0, 0.1) is 10.1 Å². The van der Waals surface area contributed by atoms with E-state index in [-0.39, 0.29) is 23.4 Å². The lowest BCUT2D eigenvalue weighted by Crippen LogP contribution is -2.39. The summed E-state index contributed by atoms with van der Waals surface area (Å²) in [5.41, 5.74) is 3.87. The third kappa shape index (κ3) is 2.97. The number of rotatable bonds is 5. The predicted octanol–water partition coefficient (Wildman–Crippen LogP) is 5.17. The van der Waals surface area contributed by atoms with Gasteiger partial charge in [-0.25, -0.2) is 0 Å². The van der Waals surface area contributed by atoms with Crippen LogP contribution >= 0.6 is 0 Å². The number of nitrogens with zero attached hydrogens (tertiary/aromatic N) is 1. The van der Waals surface area contributed by atoms with Crippen LogP contribution in [-0.2, 0) is 5.41 Å². The summed E-state index contributed by atoms with van der Waals surface area (Å²) in [7, 11) is 0. The molecular formula is C23H22N2O2. The molecule has 136 valence electrons. The van der Waals surface area contributed by atoms with E-state index in [1.807, 2.05) is 60.7 Å². The van der Waals surface area contributed by atoms with Crippen LogP contribution in [0.25, 0.3) is 0 Å². The Kier molecular flexibility index (Phi) is 4.40. The minimum Gasteiger partial charge on any atom is -0.377 e. The van der Waals surface area contributed by atoms with E-state index in [4.69, 9.17) is 0 Å². The molecule has 1 aliphatic rings. The van der Waals surface area contributed by atoms with Crippen molar-refractivity contribution < 1.29 is 4.92 Å². The number of nitrogens with one attached hydrogen (secondary N) is 1. The van der Waals surface area contributed by atoms with Crippen LogP contribution in [0.3, 0.4) is 0 Å². The van der Waals surface area contributed by atoms with E-state index in [2.05, 4.69) is 36.5 Å². The van der Waals surface area contributed by atoms with Gasteiger partial charge in [0, 0.05) is 16.0 Å². The van der Waals surface area contributed by atoms with Gasteiger partial charge in [-0.2, -0.15) is 0 Å². The summed E-state index contributed by atoms with van der Waals surface area (Å²) in [6.45, 7) is 2.05. The van der Waals surface area contributed by atoms with Crippen molar-refractivity contribution in [3.63, 3.8) is 0 Å². The zero-order chi connectivity index (χ0) is 18.9. The fraction of sp³-hybridized carbons (Fsp3) is 0.217. The lowest BCUT2D eigenvalue weighted by atomic mass is 9.64. The van der Waals surface area contributed by atoms with Gasteiger partial charge in [-0.05, 0) is 22.8 Å². The Hall–Kier alpha value is -3.14. The summed E-state index contributed by atoms with van der Waals surface area (Å²) < 4.78 is 0. The number of benzene rings is 3. The van der Waals surface area contributed by atoms with E-state index in [0.29, 0.717) is 0 Å². The maximum absolute atomic E-state index is 11.6. The van der Waals surface area contributed by atoms with Gasteiger partial charge >= 0.3 is 0 Å². The molecule has 27 heavy (non-hydrogen) atoms. The van der Waals surface area contributed by atoms with Crippen molar-refractivity contribution >= 4 is 5.69 Å². The van der Waals surface area contributed by atoms with Crippen molar-refractivity contribution in [1.82, 2.24) is 0 Å². The number of nitro groups is 1. The first-order valence-corrected chi connectivity index (χ1v) is 9.18. The zero-order valence-electron chi connectivity index (χ0n) is 15.2. The van der Waals surface area contributed by atoms with Gasteiger partial charge < -0.3 is 5.32 Å². The molecule has 0 aliphatic carbocycles. The Balaban J connectivity index is 1.91. The number of fused-ring (bicyclic) bond motifs is 1. The summed E-state index contributed by atoms with van der Waals surface area (Å²) >= 11 is 0. The van der Waals surface area contributed by atoms with Gasteiger partial charge in [-0.1, -0.05) is 85.8 Å². The Labute approximate surface area is 159 Å². The fourth-order valence-electron chi connectivity index (χ4n) is 4.48. The maximum Gasteiger partial charge on any atom is 0.211 e. The third-order valence-corrected chi connectivity index (χ3v) is 5.80. The number of para-hydroxylation sites is 1. The van der Waals surface area contributed by atoms with Crippen LogP contribution in [0.15, 0.2) is 84.9 Å². The molecule has 4 nitrogen and oxygen atoms in total. The summed E-state index contributed by atoms with van der Waals surface area (Å²) in [6, 6.07) is 28.2. The van der Waals surface area contributed by atoms with Crippen LogP contribution in [0.2, 0.25) is 0 Å². The summed E-state index contributed by atoms with van der Waals surface area (Å²) in [5.74, 6) is -0.255. The van der Waals surface area contributed by atoms with Crippen LogP contribution in [0.4, 0.5) is 5.69 Å². The van der Waals surface area contributed by atoms with E-state index in [1.165, 1.54) is 0 Å². The van der Waals surface area contributed by atoms with Gasteiger partial charge in [0.25, 0.3) is 0 Å². The monoisotopic (exact) mass is 358 g/mol. The molecular weight excluding hydrogens is 336 g/mol. The molecule has 0 fully saturated rings. The summed E-state index contributed by atoms with van der Waals surface area (Å²) in [4.78, 5) is 11.4. The highest BCUT2D eigenvalue weighted by Gasteiger charge is 2.51. The molecule has 1 N–H and O–H groups in total. The third-order valence-electron chi connectivity index (χ3n) is 5.80. The SMILES string of the molecule is CC1(C(C[N+](=O)[O-])c2ccccc2)c2ccccc2NC1c1ccccc1. The largest absolute Gasteiger partial charge is 0.377 e. The standard InChI is InChI=1S/C23H22N2O2/c1-23(20(16-25(26)27)17-10-4-2-5-11-17)19-14-8-9-15-21(19)24-22(23)18-12-6-3-7-13-18/h2-15,20,22,24H,16H2,1H3. The van der Waals surface area contributed by atoms with E-state index in [0.717, 1.165) is 22.4 Å². The van der Waals surface area contributed by atoms with Crippen molar-refractivity contribution in [2.45, 2.75) is 24.3 Å². The van der Waals surface area contributed by atoms with Crippen molar-refractivity contribution in [3.05, 3.63) is 112 Å². The van der Waals surface area contributed by atoms with Crippen LogP contribution in [0.1, 0.15) is 35.6 Å². The van der Waals surface area contributed by atoms with Crippen molar-refractivity contribution in [1.29, 1.82) is 0 Å². The number of anilines is 1. The Morgan fingerprint density at radius 2 is 1.56 bits per heavy atom. The topological polar surface area (TPSA) is 55.2 Å². The molecule has 3 unspecified atom stereocenters. The average Bonchev–Trinajstić information content (AvgIpc) is 3.01. The van der Waals surface area contributed by atoms with Crippen LogP contribution in [-0.4, -0.2) is 11.5 Å². The van der Waals surface area contributed by atoms with Crippen LogP contribution < -0.4 is 5.32 Å². The molecule has 0 bridgehead atoms. The molecule has 0 saturated heterocycles. The maximum atomic E-state index is 11.6. The highest BCUT2D eigenvalue weighted by atomic mass is 16.6. The second-order valence-corrected chi connectivity index (χ2v) is 7.29. The van der Waals surface area contributed by atoms with Gasteiger partial charge in [-0.15, -0.1) is 0 Å². The van der Waals surface area contributed by atoms with Gasteiger partial charge in [-0.3, -0.25) is 10.1 Å². The molecule has 3 atom stereocenters. The molecule has 0 amide bonds. The normalized spacial score (nSPS) is 21.9. The van der Waals surface area contributed by atoms with E-state index in [9.17, 15) is 10.1 Å². The first-order chi connectivity index (χ1) is 13.1. The van der Waals surface area contributed by atoms with Gasteiger partial charge in [0.1, 0.15) is 0 Å². The smallest absolute Gasteiger partial charge is 0.211 e. The molecule has 0 saturated carbocycles. The van der Waals surface area contributed by atoms with E-state index >= 15 is 0 Å². The first kappa shape index (κ1) is 17.3. The molecule has 0 spiro atoms. The quantitative estimate of drug-likeness (QED) is 0.505. The number of hydrogen-bond acceptors (Lipinski definition) is 3. The number of hydrogen-bond donors (Lipinski definition) is 1. The predicted molar refractivity (Wildman–Crippen MR) is 108 cm³/mol. The van der Waals surface area contributed by atoms with E-state index in [1.54, 1.807) is 0 Å². The van der Waals surface area contributed by atoms with Crippen molar-refractivity contribution in [3.8, 4) is 0 Å². The Bertz CT molecular complexity index is 943. The van der Waals surface area contributed by atoms with E-state index < -0.39 is 5.41 Å². The molecule has 1 heterocycles. The Morgan fingerprint density at radius 3 is 2.22 bits per heavy atom. The lowest BCUT2D eigenvalue weighted by Gasteiger charge is -2.38. The molecule has 3 aromatic rings. The zero-order valence-corrected chi connectivity index (χ0v) is 15.2. The molecule has 4 heteroatoms. The minimum atomic E-state index is -0.452. The van der Waals surface area contributed by atoms with Crippen LogP contribution in [0.5, 0.6) is 0 Å². The average molecular weight is 358 g/mol. The molecule has 1 aliphatic heterocycles. The molecule has 4 rings (SSSR count). The summed E-state index contributed by atoms with van der Waals surface area (Å²) in [5, 5.41) is 15.3. The van der Waals surface area contributed by atoms with Gasteiger partial charge in [0.2, 0.25) is 6.54 Å². The second kappa shape index (κ2) is 6.88. The summed E-state index contributed by atoms with van der Waals surface area (Å²) in [6.07, 6.45) is 0. The Morgan fingerprint density at radius 1 is 0.963 bits per heavy atom. The highest BCUT2D eigenvalue weighted by molar-refractivity contribution is 5.64. The lowest BCUT2D eigenvalue weighted by molar-refractivity contribution is -0.485. The van der Waals surface area contributed by atoms with Crippen molar-refractivity contribution in [2.24, 2.45) is 0 Å². The first-order valence-electron chi connectivity index (χ1n) is 9.18. The fourth-order valence-corrected chi connectivity index (χ4v) is 4.48. The van der Waals surface area contributed by atoms with Crippen molar-refractivity contribution in [2.75, 3.05) is 11.9 Å². The highest BCUT2D eigenvalue weighted by Crippen LogP contribution is 2.55. The van der Waals surface area contributed by atoms with Gasteiger partial charge in [0.15, 0.2) is 0 Å². The molecule has 0 aromatic heterocycles. The molecule has 0 radical (unpaired) electrons. The minimum absolute atomic E-state index is 0.0405.